The molecule has 4 aromatic carbocycles. The van der Waals surface area contributed by atoms with Gasteiger partial charge in [-0.1, -0.05) is 102 Å². The van der Waals surface area contributed by atoms with Gasteiger partial charge in [0.25, 0.3) is 10.0 Å². The van der Waals surface area contributed by atoms with E-state index in [1.165, 1.54) is 35.2 Å². The number of aryl methyl sites for hydroxylation is 1. The van der Waals surface area contributed by atoms with Crippen LogP contribution in [0.3, 0.4) is 0 Å². The second kappa shape index (κ2) is 15.8. The molecule has 0 aliphatic heterocycles. The molecular formula is C35H36Cl3N3O4S. The Labute approximate surface area is 286 Å². The van der Waals surface area contributed by atoms with Crippen LogP contribution in [0.2, 0.25) is 15.1 Å². The van der Waals surface area contributed by atoms with Gasteiger partial charge in [-0.2, -0.15) is 0 Å². The Balaban J connectivity index is 1.83. The first kappa shape index (κ1) is 35.3. The predicted molar refractivity (Wildman–Crippen MR) is 186 cm³/mol. The SMILES string of the molecule is CC[C@H](C)NC(=O)[C@H](Cc1ccccc1)N(Cc1ccc(Cl)cc1)C(=O)CN(c1cc(Cl)cc(Cl)c1)S(=O)(=O)c1ccc(C)cc1. The summed E-state index contributed by atoms with van der Waals surface area (Å²) in [6, 6.07) is 25.9. The van der Waals surface area contributed by atoms with Crippen LogP contribution < -0.4 is 9.62 Å². The van der Waals surface area contributed by atoms with Crippen LogP contribution in [-0.4, -0.2) is 43.8 Å². The number of nitrogens with one attached hydrogen (secondary N) is 1. The van der Waals surface area contributed by atoms with Gasteiger partial charge in [-0.3, -0.25) is 13.9 Å². The topological polar surface area (TPSA) is 86.8 Å². The Kier molecular flexibility index (Phi) is 12.1. The molecule has 0 bridgehead atoms. The van der Waals surface area contributed by atoms with E-state index in [4.69, 9.17) is 34.8 Å². The monoisotopic (exact) mass is 699 g/mol. The number of amides is 2. The largest absolute Gasteiger partial charge is 0.352 e. The Morgan fingerprint density at radius 3 is 2.00 bits per heavy atom. The molecule has 0 unspecified atom stereocenters. The molecule has 11 heteroatoms. The van der Waals surface area contributed by atoms with Gasteiger partial charge in [0.1, 0.15) is 12.6 Å². The van der Waals surface area contributed by atoms with Crippen molar-refractivity contribution in [3.63, 3.8) is 0 Å². The summed E-state index contributed by atoms with van der Waals surface area (Å²) < 4.78 is 29.3. The first-order valence-corrected chi connectivity index (χ1v) is 17.4. The van der Waals surface area contributed by atoms with Crippen LogP contribution in [0, 0.1) is 6.92 Å². The van der Waals surface area contributed by atoms with Gasteiger partial charge in [0.2, 0.25) is 11.8 Å². The highest BCUT2D eigenvalue weighted by molar-refractivity contribution is 7.92. The van der Waals surface area contributed by atoms with Crippen LogP contribution in [-0.2, 0) is 32.6 Å². The molecule has 0 saturated carbocycles. The van der Waals surface area contributed by atoms with Crippen LogP contribution in [0.1, 0.15) is 37.0 Å². The van der Waals surface area contributed by atoms with Crippen molar-refractivity contribution in [2.24, 2.45) is 0 Å². The average molecular weight is 701 g/mol. The third-order valence-electron chi connectivity index (χ3n) is 7.56. The van der Waals surface area contributed by atoms with Crippen molar-refractivity contribution in [3.05, 3.63) is 129 Å². The zero-order chi connectivity index (χ0) is 33.4. The van der Waals surface area contributed by atoms with Gasteiger partial charge < -0.3 is 10.2 Å². The molecule has 242 valence electrons. The fourth-order valence-corrected chi connectivity index (χ4v) is 6.87. The number of rotatable bonds is 13. The normalized spacial score (nSPS) is 12.7. The summed E-state index contributed by atoms with van der Waals surface area (Å²) in [5.74, 6) is -0.943. The van der Waals surface area contributed by atoms with Gasteiger partial charge in [0, 0.05) is 34.1 Å². The smallest absolute Gasteiger partial charge is 0.264 e. The van der Waals surface area contributed by atoms with Crippen molar-refractivity contribution in [1.29, 1.82) is 0 Å². The number of carbonyl (C=O) groups excluding carboxylic acids is 2. The number of hydrogen-bond donors (Lipinski definition) is 1. The highest BCUT2D eigenvalue weighted by Gasteiger charge is 2.35. The lowest BCUT2D eigenvalue weighted by molar-refractivity contribution is -0.140. The number of halogens is 3. The maximum Gasteiger partial charge on any atom is 0.264 e. The molecule has 0 aliphatic carbocycles. The number of sulfonamides is 1. The number of anilines is 1. The summed E-state index contributed by atoms with van der Waals surface area (Å²) in [5, 5.41) is 3.94. The second-order valence-electron chi connectivity index (χ2n) is 11.1. The fourth-order valence-electron chi connectivity index (χ4n) is 4.83. The van der Waals surface area contributed by atoms with Crippen molar-refractivity contribution in [2.45, 2.75) is 57.1 Å². The fraction of sp³-hybridized carbons (Fsp3) is 0.257. The molecule has 7 nitrogen and oxygen atoms in total. The highest BCUT2D eigenvalue weighted by Crippen LogP contribution is 2.30. The predicted octanol–water partition coefficient (Wildman–Crippen LogP) is 7.71. The Morgan fingerprint density at radius 1 is 0.804 bits per heavy atom. The van der Waals surface area contributed by atoms with Gasteiger partial charge in [0.15, 0.2) is 0 Å². The van der Waals surface area contributed by atoms with E-state index in [0.717, 1.165) is 15.4 Å². The maximum absolute atomic E-state index is 14.5. The minimum Gasteiger partial charge on any atom is -0.352 e. The Bertz CT molecular complexity index is 1730. The Morgan fingerprint density at radius 2 is 1.41 bits per heavy atom. The van der Waals surface area contributed by atoms with Crippen LogP contribution in [0.5, 0.6) is 0 Å². The highest BCUT2D eigenvalue weighted by atomic mass is 35.5. The van der Waals surface area contributed by atoms with Gasteiger partial charge >= 0.3 is 0 Å². The van der Waals surface area contributed by atoms with Crippen molar-refractivity contribution in [3.8, 4) is 0 Å². The summed E-state index contributed by atoms with van der Waals surface area (Å²) in [6.07, 6.45) is 0.892. The number of benzene rings is 4. The second-order valence-corrected chi connectivity index (χ2v) is 14.3. The minimum atomic E-state index is -4.29. The van der Waals surface area contributed by atoms with E-state index in [9.17, 15) is 18.0 Å². The Hall–Kier alpha value is -3.56. The van der Waals surface area contributed by atoms with Crippen LogP contribution in [0.25, 0.3) is 0 Å². The van der Waals surface area contributed by atoms with E-state index in [-0.39, 0.29) is 45.5 Å². The summed E-state index contributed by atoms with van der Waals surface area (Å²) in [7, 11) is -4.29. The van der Waals surface area contributed by atoms with E-state index in [1.807, 2.05) is 51.1 Å². The van der Waals surface area contributed by atoms with E-state index in [2.05, 4.69) is 5.32 Å². The molecule has 0 saturated heterocycles. The standard InChI is InChI=1S/C35H36Cl3N3O4S/c1-4-25(3)39-35(43)33(18-26-8-6-5-7-9-26)40(22-27-12-14-28(36)15-13-27)34(42)23-41(31-20-29(37)19-30(38)21-31)46(44,45)32-16-10-24(2)11-17-32/h5-17,19-21,25,33H,4,18,22-23H2,1-3H3,(H,39,43)/t25-,33-/m0/s1. The number of hydrogen-bond acceptors (Lipinski definition) is 4. The molecule has 0 fully saturated rings. The molecule has 2 atom stereocenters. The van der Waals surface area contributed by atoms with Gasteiger partial charge in [0.05, 0.1) is 10.6 Å². The van der Waals surface area contributed by atoms with E-state index < -0.39 is 28.5 Å². The number of carbonyl (C=O) groups is 2. The first-order chi connectivity index (χ1) is 21.9. The summed E-state index contributed by atoms with van der Waals surface area (Å²) in [6.45, 7) is 5.10. The van der Waals surface area contributed by atoms with E-state index in [1.54, 1.807) is 36.4 Å². The molecule has 0 aliphatic rings. The lowest BCUT2D eigenvalue weighted by atomic mass is 10.0. The molecule has 4 aromatic rings. The van der Waals surface area contributed by atoms with Gasteiger partial charge in [-0.25, -0.2) is 8.42 Å². The lowest BCUT2D eigenvalue weighted by Gasteiger charge is -2.34. The summed E-state index contributed by atoms with van der Waals surface area (Å²) >= 11 is 18.8. The van der Waals surface area contributed by atoms with Gasteiger partial charge in [-0.05, 0) is 73.9 Å². The molecule has 46 heavy (non-hydrogen) atoms. The van der Waals surface area contributed by atoms with Crippen LogP contribution in [0.4, 0.5) is 5.69 Å². The third-order valence-corrected chi connectivity index (χ3v) is 10.0. The van der Waals surface area contributed by atoms with Crippen LogP contribution >= 0.6 is 34.8 Å². The average Bonchev–Trinajstić information content (AvgIpc) is 3.02. The molecular weight excluding hydrogens is 665 g/mol. The first-order valence-electron chi connectivity index (χ1n) is 14.8. The zero-order valence-corrected chi connectivity index (χ0v) is 28.9. The van der Waals surface area contributed by atoms with Gasteiger partial charge in [-0.15, -0.1) is 0 Å². The summed E-state index contributed by atoms with van der Waals surface area (Å²) in [4.78, 5) is 29.9. The molecule has 0 heterocycles. The molecule has 0 aromatic heterocycles. The molecule has 0 radical (unpaired) electrons. The van der Waals surface area contributed by atoms with Crippen molar-refractivity contribution in [2.75, 3.05) is 10.8 Å². The van der Waals surface area contributed by atoms with Crippen molar-refractivity contribution >= 4 is 62.3 Å². The third kappa shape index (κ3) is 9.26. The maximum atomic E-state index is 14.5. The zero-order valence-electron chi connectivity index (χ0n) is 25.8. The van der Waals surface area contributed by atoms with Crippen LogP contribution in [0.15, 0.2) is 102 Å². The molecule has 1 N–H and O–H groups in total. The van der Waals surface area contributed by atoms with E-state index in [0.29, 0.717) is 17.0 Å². The summed E-state index contributed by atoms with van der Waals surface area (Å²) in [5.41, 5.74) is 2.54. The van der Waals surface area contributed by atoms with Crippen molar-refractivity contribution < 1.29 is 18.0 Å². The molecule has 0 spiro atoms. The van der Waals surface area contributed by atoms with E-state index >= 15 is 0 Å². The molecule has 4 rings (SSSR count). The molecule has 2 amide bonds. The van der Waals surface area contributed by atoms with Crippen molar-refractivity contribution in [1.82, 2.24) is 10.2 Å². The minimum absolute atomic E-state index is 0.0124. The number of nitrogens with zero attached hydrogens (tertiary/aromatic N) is 2. The lowest BCUT2D eigenvalue weighted by Crippen LogP contribution is -2.54. The quantitative estimate of drug-likeness (QED) is 0.155.